The number of carbonyl (C=O) groups excluding carboxylic acids is 1. The maximum absolute atomic E-state index is 13.1. The number of amides is 1. The Morgan fingerprint density at radius 3 is 2.53 bits per heavy atom. The Morgan fingerprint density at radius 2 is 2.13 bits per heavy atom. The highest BCUT2D eigenvalue weighted by molar-refractivity contribution is 5.85. The number of nitrogens with one attached hydrogen (secondary N) is 1. The molecule has 0 spiro atoms. The minimum atomic E-state index is -3.00. The summed E-state index contributed by atoms with van der Waals surface area (Å²) in [4.78, 5) is 21.7. The van der Waals surface area contributed by atoms with Gasteiger partial charge in [0.15, 0.2) is 0 Å². The number of carbonyl (C=O) groups is 2. The van der Waals surface area contributed by atoms with Gasteiger partial charge in [0.2, 0.25) is 5.91 Å². The summed E-state index contributed by atoms with van der Waals surface area (Å²) < 4.78 is 26.2. The standard InChI is InChI=1S/C9H13F2NO3/c1-5(8(14)15)12-7(13)6-3-2-4-9(6,10)11/h5-6H,2-4H2,1H3,(H,12,13)(H,14,15). The third kappa shape index (κ3) is 2.64. The molecule has 1 amide bonds. The zero-order chi connectivity index (χ0) is 11.6. The van der Waals surface area contributed by atoms with Crippen LogP contribution in [-0.4, -0.2) is 28.9 Å². The summed E-state index contributed by atoms with van der Waals surface area (Å²) in [5, 5.41) is 10.6. The highest BCUT2D eigenvalue weighted by Crippen LogP contribution is 2.40. The Morgan fingerprint density at radius 1 is 1.53 bits per heavy atom. The number of carboxylic acids is 1. The van der Waals surface area contributed by atoms with Crippen molar-refractivity contribution in [1.29, 1.82) is 0 Å². The molecule has 0 heterocycles. The van der Waals surface area contributed by atoms with Gasteiger partial charge in [-0.05, 0) is 19.8 Å². The third-order valence-corrected chi connectivity index (χ3v) is 2.56. The van der Waals surface area contributed by atoms with E-state index in [1.165, 1.54) is 6.92 Å². The number of aliphatic carboxylic acids is 1. The summed E-state index contributed by atoms with van der Waals surface area (Å²) in [5.74, 6) is -6.47. The van der Waals surface area contributed by atoms with Crippen molar-refractivity contribution >= 4 is 11.9 Å². The molecular formula is C9H13F2NO3. The van der Waals surface area contributed by atoms with Crippen LogP contribution in [-0.2, 0) is 9.59 Å². The molecule has 1 rings (SSSR count). The zero-order valence-electron chi connectivity index (χ0n) is 8.30. The highest BCUT2D eigenvalue weighted by atomic mass is 19.3. The monoisotopic (exact) mass is 221 g/mol. The van der Waals surface area contributed by atoms with Crippen LogP contribution >= 0.6 is 0 Å². The normalized spacial score (nSPS) is 25.9. The molecule has 0 bridgehead atoms. The van der Waals surface area contributed by atoms with Crippen molar-refractivity contribution in [2.24, 2.45) is 5.92 Å². The molecule has 2 N–H and O–H groups in total. The van der Waals surface area contributed by atoms with Crippen LogP contribution in [0.15, 0.2) is 0 Å². The van der Waals surface area contributed by atoms with Crippen LogP contribution in [0.4, 0.5) is 8.78 Å². The van der Waals surface area contributed by atoms with E-state index in [1.807, 2.05) is 0 Å². The fourth-order valence-electron chi connectivity index (χ4n) is 1.63. The molecule has 2 atom stereocenters. The van der Waals surface area contributed by atoms with Crippen LogP contribution in [0.5, 0.6) is 0 Å². The largest absolute Gasteiger partial charge is 0.480 e. The van der Waals surface area contributed by atoms with E-state index in [0.717, 1.165) is 0 Å². The molecule has 6 heteroatoms. The molecule has 0 aromatic rings. The molecule has 0 aromatic heterocycles. The van der Waals surface area contributed by atoms with Gasteiger partial charge in [-0.25, -0.2) is 8.78 Å². The van der Waals surface area contributed by atoms with Crippen LogP contribution in [0.1, 0.15) is 26.2 Å². The highest BCUT2D eigenvalue weighted by Gasteiger charge is 2.48. The molecule has 86 valence electrons. The van der Waals surface area contributed by atoms with Gasteiger partial charge in [0.25, 0.3) is 5.92 Å². The van der Waals surface area contributed by atoms with Crippen molar-refractivity contribution in [3.63, 3.8) is 0 Å². The number of alkyl halides is 2. The van der Waals surface area contributed by atoms with Crippen molar-refractivity contribution < 1.29 is 23.5 Å². The summed E-state index contributed by atoms with van der Waals surface area (Å²) in [7, 11) is 0. The van der Waals surface area contributed by atoms with Crippen molar-refractivity contribution in [3.8, 4) is 0 Å². The first kappa shape index (κ1) is 11.9. The van der Waals surface area contributed by atoms with Crippen LogP contribution in [0.3, 0.4) is 0 Å². The lowest BCUT2D eigenvalue weighted by atomic mass is 10.0. The first-order valence-electron chi connectivity index (χ1n) is 4.75. The van der Waals surface area contributed by atoms with E-state index >= 15 is 0 Å². The second-order valence-corrected chi connectivity index (χ2v) is 3.77. The van der Waals surface area contributed by atoms with Gasteiger partial charge in [0.05, 0.1) is 0 Å². The minimum Gasteiger partial charge on any atom is -0.480 e. The third-order valence-electron chi connectivity index (χ3n) is 2.56. The lowest BCUT2D eigenvalue weighted by Crippen LogP contribution is -2.45. The Balaban J connectivity index is 2.58. The van der Waals surface area contributed by atoms with Crippen LogP contribution < -0.4 is 5.32 Å². The van der Waals surface area contributed by atoms with E-state index in [0.29, 0.717) is 6.42 Å². The lowest BCUT2D eigenvalue weighted by Gasteiger charge is -2.19. The maximum Gasteiger partial charge on any atom is 0.325 e. The van der Waals surface area contributed by atoms with Gasteiger partial charge in [0.1, 0.15) is 12.0 Å². The Bertz CT molecular complexity index is 281. The van der Waals surface area contributed by atoms with Gasteiger partial charge in [-0.2, -0.15) is 0 Å². The summed E-state index contributed by atoms with van der Waals surface area (Å²) in [5.41, 5.74) is 0. The van der Waals surface area contributed by atoms with Gasteiger partial charge in [-0.1, -0.05) is 0 Å². The Hall–Kier alpha value is -1.20. The quantitative estimate of drug-likeness (QED) is 0.747. The summed E-state index contributed by atoms with van der Waals surface area (Å²) in [6, 6.07) is -1.13. The fraction of sp³-hybridized carbons (Fsp3) is 0.778. The number of carboxylic acid groups (broad SMARTS) is 1. The summed E-state index contributed by atoms with van der Waals surface area (Å²) >= 11 is 0. The van der Waals surface area contributed by atoms with Gasteiger partial charge < -0.3 is 10.4 Å². The van der Waals surface area contributed by atoms with Gasteiger partial charge >= 0.3 is 5.97 Å². The zero-order valence-corrected chi connectivity index (χ0v) is 8.30. The van der Waals surface area contributed by atoms with Crippen molar-refractivity contribution in [1.82, 2.24) is 5.32 Å². The first-order chi connectivity index (χ1) is 6.84. The van der Waals surface area contributed by atoms with E-state index < -0.39 is 29.8 Å². The predicted molar refractivity (Wildman–Crippen MR) is 47.5 cm³/mol. The Labute approximate surface area is 85.7 Å². The predicted octanol–water partition coefficient (Wildman–Crippen LogP) is 1.01. The molecule has 1 saturated carbocycles. The molecule has 0 saturated heterocycles. The van der Waals surface area contributed by atoms with Crippen LogP contribution in [0.2, 0.25) is 0 Å². The first-order valence-corrected chi connectivity index (χ1v) is 4.75. The average molecular weight is 221 g/mol. The molecule has 4 nitrogen and oxygen atoms in total. The molecule has 2 unspecified atom stereocenters. The Kier molecular flexibility index (Phi) is 3.26. The molecule has 0 aromatic carbocycles. The van der Waals surface area contributed by atoms with Crippen LogP contribution in [0, 0.1) is 5.92 Å². The fourth-order valence-corrected chi connectivity index (χ4v) is 1.63. The smallest absolute Gasteiger partial charge is 0.325 e. The van der Waals surface area contributed by atoms with Gasteiger partial charge in [-0.3, -0.25) is 9.59 Å². The molecule has 1 fully saturated rings. The second kappa shape index (κ2) is 4.12. The molecule has 1 aliphatic rings. The number of rotatable bonds is 3. The summed E-state index contributed by atoms with van der Waals surface area (Å²) in [6.07, 6.45) is 0.115. The number of hydrogen-bond donors (Lipinski definition) is 2. The maximum atomic E-state index is 13.1. The number of halogens is 2. The molecular weight excluding hydrogens is 208 g/mol. The van der Waals surface area contributed by atoms with Crippen LogP contribution in [0.25, 0.3) is 0 Å². The van der Waals surface area contributed by atoms with E-state index in [1.54, 1.807) is 0 Å². The molecule has 0 radical (unpaired) electrons. The van der Waals surface area contributed by atoms with E-state index in [4.69, 9.17) is 5.11 Å². The second-order valence-electron chi connectivity index (χ2n) is 3.77. The topological polar surface area (TPSA) is 66.4 Å². The van der Waals surface area contributed by atoms with Gasteiger partial charge in [0, 0.05) is 6.42 Å². The van der Waals surface area contributed by atoms with E-state index in [2.05, 4.69) is 5.32 Å². The van der Waals surface area contributed by atoms with Crippen molar-refractivity contribution in [3.05, 3.63) is 0 Å². The average Bonchev–Trinajstić information content (AvgIpc) is 2.44. The number of hydrogen-bond acceptors (Lipinski definition) is 2. The van der Waals surface area contributed by atoms with E-state index in [9.17, 15) is 18.4 Å². The van der Waals surface area contributed by atoms with E-state index in [-0.39, 0.29) is 12.8 Å². The lowest BCUT2D eigenvalue weighted by molar-refractivity contribution is -0.145. The minimum absolute atomic E-state index is 0.116. The van der Waals surface area contributed by atoms with Crippen molar-refractivity contribution in [2.75, 3.05) is 0 Å². The molecule has 1 aliphatic carbocycles. The van der Waals surface area contributed by atoms with Crippen molar-refractivity contribution in [2.45, 2.75) is 38.2 Å². The van der Waals surface area contributed by atoms with Gasteiger partial charge in [-0.15, -0.1) is 0 Å². The summed E-state index contributed by atoms with van der Waals surface area (Å²) in [6.45, 7) is 1.24. The SMILES string of the molecule is CC(NC(=O)C1CCCC1(F)F)C(=O)O. The molecule has 15 heavy (non-hydrogen) atoms. The molecule has 0 aliphatic heterocycles.